The summed E-state index contributed by atoms with van der Waals surface area (Å²) < 4.78 is 5.55. The van der Waals surface area contributed by atoms with E-state index in [1.54, 1.807) is 7.11 Å². The van der Waals surface area contributed by atoms with E-state index in [2.05, 4.69) is 49.2 Å². The summed E-state index contributed by atoms with van der Waals surface area (Å²) in [6.45, 7) is 3.14. The van der Waals surface area contributed by atoms with Crippen molar-refractivity contribution in [2.75, 3.05) is 20.7 Å². The number of benzene rings is 2. The van der Waals surface area contributed by atoms with Crippen molar-refractivity contribution in [3.8, 4) is 11.5 Å². The highest BCUT2D eigenvalue weighted by Gasteiger charge is 2.73. The van der Waals surface area contributed by atoms with Gasteiger partial charge in [-0.05, 0) is 69.0 Å². The molecule has 0 amide bonds. The monoisotopic (exact) mass is 429 g/mol. The maximum absolute atomic E-state index is 13.7. The summed E-state index contributed by atoms with van der Waals surface area (Å²) in [6.07, 6.45) is 4.30. The average molecular weight is 430 g/mol. The first-order chi connectivity index (χ1) is 15.4. The van der Waals surface area contributed by atoms with Crippen LogP contribution in [-0.4, -0.2) is 42.5 Å². The zero-order valence-electron chi connectivity index (χ0n) is 19.1. The third-order valence-corrected chi connectivity index (χ3v) is 9.40. The van der Waals surface area contributed by atoms with E-state index >= 15 is 0 Å². The first-order valence-corrected chi connectivity index (χ1v) is 11.8. The molecule has 4 heteroatoms. The molecule has 32 heavy (non-hydrogen) atoms. The largest absolute Gasteiger partial charge is 0.504 e. The number of ether oxygens (including phenoxy) is 1. The molecule has 1 saturated heterocycles. The van der Waals surface area contributed by atoms with Crippen molar-refractivity contribution in [2.24, 2.45) is 11.3 Å². The molecule has 0 unspecified atom stereocenters. The van der Waals surface area contributed by atoms with E-state index in [9.17, 15) is 9.90 Å². The molecule has 0 spiro atoms. The highest BCUT2D eigenvalue weighted by atomic mass is 16.5. The van der Waals surface area contributed by atoms with Gasteiger partial charge >= 0.3 is 0 Å². The number of hydrogen-bond donors (Lipinski definition) is 1. The van der Waals surface area contributed by atoms with Crippen LogP contribution in [0.1, 0.15) is 49.3 Å². The highest BCUT2D eigenvalue weighted by molar-refractivity contribution is 5.92. The fraction of sp³-hybridized carbons (Fsp3) is 0.464. The van der Waals surface area contributed by atoms with Crippen molar-refractivity contribution in [3.05, 3.63) is 64.7 Å². The minimum Gasteiger partial charge on any atom is -0.504 e. The number of nitrogens with zero attached hydrogens (tertiary/aromatic N) is 1. The second-order valence-corrected chi connectivity index (χ2v) is 10.3. The maximum atomic E-state index is 13.7. The molecule has 4 aliphatic rings. The lowest BCUT2D eigenvalue weighted by atomic mass is 9.44. The fourth-order valence-electron chi connectivity index (χ4n) is 8.11. The van der Waals surface area contributed by atoms with Crippen LogP contribution in [0.15, 0.2) is 48.0 Å². The molecular formula is C28H31NO3. The molecule has 4 nitrogen and oxygen atoms in total. The van der Waals surface area contributed by atoms with E-state index in [0.29, 0.717) is 24.0 Å². The Bertz CT molecular complexity index is 1150. The standard InChI is InChI=1S/C28H31NO3/c1-17(18-7-5-4-6-8-18)20-16-27-12-11-21(30)25(20)28(27)13-14-29(2)23(27)15-19-9-10-22(32-3)26(31)24(19)28/h4-10,23,25,31H,11-16H2,1-3H3/b20-17+/t23-,25-,27-,28+/m1/s1. The van der Waals surface area contributed by atoms with Crippen LogP contribution in [0.4, 0.5) is 0 Å². The molecular weight excluding hydrogens is 398 g/mol. The number of piperidine rings is 1. The van der Waals surface area contributed by atoms with Crippen molar-refractivity contribution in [1.29, 1.82) is 0 Å². The molecule has 0 radical (unpaired) electrons. The average Bonchev–Trinajstić information content (AvgIpc) is 3.04. The quantitative estimate of drug-likeness (QED) is 0.749. The number of likely N-dealkylation sites (tertiary alicyclic amines) is 1. The van der Waals surface area contributed by atoms with Gasteiger partial charge in [-0.2, -0.15) is 0 Å². The predicted molar refractivity (Wildman–Crippen MR) is 125 cm³/mol. The normalized spacial score (nSPS) is 34.7. The molecule has 0 aromatic heterocycles. The van der Waals surface area contributed by atoms with E-state index in [1.807, 2.05) is 12.1 Å². The summed E-state index contributed by atoms with van der Waals surface area (Å²) in [5, 5.41) is 11.5. The minimum atomic E-state index is -0.350. The first-order valence-electron chi connectivity index (χ1n) is 11.8. The molecule has 3 fully saturated rings. The second kappa shape index (κ2) is 6.71. The molecule has 2 aromatic carbocycles. The van der Waals surface area contributed by atoms with Crippen molar-refractivity contribution < 1.29 is 14.6 Å². The van der Waals surface area contributed by atoms with Gasteiger partial charge in [-0.25, -0.2) is 0 Å². The Hall–Kier alpha value is -2.59. The molecule has 4 atom stereocenters. The smallest absolute Gasteiger partial charge is 0.161 e. The number of carbonyl (C=O) groups is 1. The van der Waals surface area contributed by atoms with Gasteiger partial charge in [0, 0.05) is 34.8 Å². The van der Waals surface area contributed by atoms with E-state index in [-0.39, 0.29) is 22.5 Å². The highest BCUT2D eigenvalue weighted by Crippen LogP contribution is 2.74. The number of phenols is 1. The number of phenolic OH excluding ortho intramolecular Hbond substituents is 1. The van der Waals surface area contributed by atoms with Gasteiger partial charge in [0.1, 0.15) is 5.78 Å². The summed E-state index contributed by atoms with van der Waals surface area (Å²) in [5.41, 5.74) is 5.56. The molecule has 2 aromatic rings. The van der Waals surface area contributed by atoms with Gasteiger partial charge in [-0.1, -0.05) is 42.0 Å². The van der Waals surface area contributed by atoms with Crippen LogP contribution in [0, 0.1) is 11.3 Å². The molecule has 2 saturated carbocycles. The summed E-state index contributed by atoms with van der Waals surface area (Å²) in [4.78, 5) is 16.3. The van der Waals surface area contributed by atoms with Crippen LogP contribution < -0.4 is 4.74 Å². The van der Waals surface area contributed by atoms with E-state index in [4.69, 9.17) is 4.74 Å². The molecule has 3 aliphatic carbocycles. The number of carbonyl (C=O) groups excluding carboxylic acids is 1. The first kappa shape index (κ1) is 20.0. The van der Waals surface area contributed by atoms with Gasteiger partial charge in [0.05, 0.1) is 7.11 Å². The van der Waals surface area contributed by atoms with Crippen LogP contribution >= 0.6 is 0 Å². The van der Waals surface area contributed by atoms with E-state index in [1.165, 1.54) is 22.3 Å². The zero-order chi connectivity index (χ0) is 22.3. The number of aromatic hydroxyl groups is 1. The minimum absolute atomic E-state index is 0.0270. The number of ketones is 1. The fourth-order valence-corrected chi connectivity index (χ4v) is 8.11. The number of rotatable bonds is 2. The van der Waals surface area contributed by atoms with Crippen molar-refractivity contribution in [1.82, 2.24) is 4.90 Å². The number of fused-ring (bicyclic) bond motifs is 1. The summed E-state index contributed by atoms with van der Waals surface area (Å²) in [7, 11) is 3.86. The topological polar surface area (TPSA) is 49.8 Å². The lowest BCUT2D eigenvalue weighted by molar-refractivity contribution is -0.138. The molecule has 1 aliphatic heterocycles. The SMILES string of the molecule is COc1ccc2c(c1O)[C@]13CCN(C)[C@H](C2)[C@]12CCC(=O)[C@H]3/C(=C(\C)c1ccccc1)C2. The predicted octanol–water partition coefficient (Wildman–Crippen LogP) is 4.74. The van der Waals surface area contributed by atoms with Crippen LogP contribution in [0.25, 0.3) is 5.57 Å². The lowest BCUT2D eigenvalue weighted by Gasteiger charge is -2.64. The Kier molecular flexibility index (Phi) is 4.20. The van der Waals surface area contributed by atoms with Crippen LogP contribution in [-0.2, 0) is 16.6 Å². The van der Waals surface area contributed by atoms with Gasteiger partial charge < -0.3 is 14.7 Å². The van der Waals surface area contributed by atoms with Crippen molar-refractivity contribution >= 4 is 11.4 Å². The van der Waals surface area contributed by atoms with Crippen LogP contribution in [0.5, 0.6) is 11.5 Å². The van der Waals surface area contributed by atoms with Crippen LogP contribution in [0.3, 0.4) is 0 Å². The molecule has 1 heterocycles. The molecule has 4 bridgehead atoms. The Morgan fingerprint density at radius 2 is 1.94 bits per heavy atom. The summed E-state index contributed by atoms with van der Waals surface area (Å²) in [5.74, 6) is 0.968. The Morgan fingerprint density at radius 3 is 2.69 bits per heavy atom. The Balaban J connectivity index is 1.68. The Morgan fingerprint density at radius 1 is 1.16 bits per heavy atom. The molecule has 1 N–H and O–H groups in total. The third kappa shape index (κ3) is 2.24. The van der Waals surface area contributed by atoms with E-state index in [0.717, 1.165) is 37.8 Å². The molecule has 166 valence electrons. The zero-order valence-corrected chi connectivity index (χ0v) is 19.1. The van der Waals surface area contributed by atoms with Gasteiger partial charge in [0.25, 0.3) is 0 Å². The number of Topliss-reactive ketones (excluding diaryl/α,β-unsaturated/α-hetero) is 1. The second-order valence-electron chi connectivity index (χ2n) is 10.3. The summed E-state index contributed by atoms with van der Waals surface area (Å²) in [6, 6.07) is 14.9. The van der Waals surface area contributed by atoms with Crippen LogP contribution in [0.2, 0.25) is 0 Å². The number of allylic oxidation sites excluding steroid dienone is 2. The number of methoxy groups -OCH3 is 1. The number of likely N-dealkylation sites (N-methyl/N-ethyl adjacent to an activating group) is 1. The number of hydrogen-bond acceptors (Lipinski definition) is 4. The van der Waals surface area contributed by atoms with Gasteiger partial charge in [-0.15, -0.1) is 0 Å². The van der Waals surface area contributed by atoms with Gasteiger partial charge in [0.15, 0.2) is 11.5 Å². The summed E-state index contributed by atoms with van der Waals surface area (Å²) >= 11 is 0. The van der Waals surface area contributed by atoms with Crippen molar-refractivity contribution in [2.45, 2.75) is 50.5 Å². The Labute approximate surface area is 189 Å². The van der Waals surface area contributed by atoms with Crippen molar-refractivity contribution in [3.63, 3.8) is 0 Å². The third-order valence-electron chi connectivity index (χ3n) is 9.40. The van der Waals surface area contributed by atoms with Gasteiger partial charge in [-0.3, -0.25) is 4.79 Å². The molecule has 6 rings (SSSR count). The maximum Gasteiger partial charge on any atom is 0.161 e. The van der Waals surface area contributed by atoms with E-state index < -0.39 is 0 Å². The lowest BCUT2D eigenvalue weighted by Crippen LogP contribution is -2.67. The van der Waals surface area contributed by atoms with Gasteiger partial charge in [0.2, 0.25) is 0 Å².